The van der Waals surface area contributed by atoms with Crippen LogP contribution < -0.4 is 0 Å². The average molecular weight is 557 g/mol. The lowest BCUT2D eigenvalue weighted by molar-refractivity contribution is 0.0974. The number of rotatable bonds is 4. The molecule has 0 spiro atoms. The standard InChI is InChI=1S/C26H14Cl2O6S2/c27-21-19-20(24(34)18-16(32)10-9-15(31)17(18)23(19)33)22(28)26(36-14-7-3-12(30)4-8-14)25(21)35-13-5-1-11(29)2-6-13/h1-10,29-32H. The molecule has 0 saturated carbocycles. The van der Waals surface area contributed by atoms with Crippen molar-refractivity contribution >= 4 is 58.3 Å². The van der Waals surface area contributed by atoms with E-state index in [9.17, 15) is 30.0 Å². The molecule has 4 aromatic rings. The molecule has 0 bridgehead atoms. The number of carbonyl (C=O) groups is 2. The van der Waals surface area contributed by atoms with Crippen molar-refractivity contribution in [2.24, 2.45) is 0 Å². The molecule has 0 aromatic heterocycles. The van der Waals surface area contributed by atoms with Gasteiger partial charge >= 0.3 is 0 Å². The molecule has 0 radical (unpaired) electrons. The molecule has 6 nitrogen and oxygen atoms in total. The molecular weight excluding hydrogens is 543 g/mol. The molecule has 1 aliphatic carbocycles. The van der Waals surface area contributed by atoms with E-state index in [-0.39, 0.29) is 43.8 Å². The quantitative estimate of drug-likeness (QED) is 0.177. The molecule has 180 valence electrons. The van der Waals surface area contributed by atoms with Crippen LogP contribution in [0.1, 0.15) is 31.8 Å². The van der Waals surface area contributed by atoms with Gasteiger partial charge in [0.25, 0.3) is 0 Å². The summed E-state index contributed by atoms with van der Waals surface area (Å²) in [5, 5.41) is 39.9. The van der Waals surface area contributed by atoms with Crippen molar-refractivity contribution in [3.8, 4) is 23.0 Å². The van der Waals surface area contributed by atoms with Crippen LogP contribution in [-0.4, -0.2) is 32.0 Å². The minimum atomic E-state index is -0.742. The number of hydrogen-bond donors (Lipinski definition) is 4. The lowest BCUT2D eigenvalue weighted by atomic mass is 9.83. The van der Waals surface area contributed by atoms with Crippen LogP contribution in [0.4, 0.5) is 0 Å². The number of phenolic OH excluding ortho intramolecular Hbond substituents is 4. The Hall–Kier alpha value is -3.30. The number of benzene rings is 4. The summed E-state index contributed by atoms with van der Waals surface area (Å²) in [6, 6.07) is 14.9. The van der Waals surface area contributed by atoms with Crippen LogP contribution in [0.2, 0.25) is 10.0 Å². The van der Waals surface area contributed by atoms with E-state index >= 15 is 0 Å². The van der Waals surface area contributed by atoms with Gasteiger partial charge in [-0.1, -0.05) is 46.7 Å². The summed E-state index contributed by atoms with van der Waals surface area (Å²) in [6.45, 7) is 0. The highest BCUT2D eigenvalue weighted by Crippen LogP contribution is 2.52. The number of fused-ring (bicyclic) bond motifs is 2. The van der Waals surface area contributed by atoms with Crippen molar-refractivity contribution < 1.29 is 30.0 Å². The molecule has 0 saturated heterocycles. The van der Waals surface area contributed by atoms with Crippen LogP contribution in [0.5, 0.6) is 23.0 Å². The lowest BCUT2D eigenvalue weighted by Crippen LogP contribution is -2.23. The Morgan fingerprint density at radius 2 is 0.833 bits per heavy atom. The number of hydrogen-bond acceptors (Lipinski definition) is 8. The van der Waals surface area contributed by atoms with Crippen molar-refractivity contribution in [1.82, 2.24) is 0 Å². The van der Waals surface area contributed by atoms with Crippen LogP contribution in [0.3, 0.4) is 0 Å². The van der Waals surface area contributed by atoms with Gasteiger partial charge in [0.15, 0.2) is 11.6 Å². The van der Waals surface area contributed by atoms with E-state index < -0.39 is 23.1 Å². The van der Waals surface area contributed by atoms with Gasteiger partial charge in [-0.15, -0.1) is 0 Å². The minimum absolute atomic E-state index is 0.0412. The zero-order chi connectivity index (χ0) is 25.7. The molecule has 0 aliphatic heterocycles. The first kappa shape index (κ1) is 24.4. The third-order valence-electron chi connectivity index (χ3n) is 5.48. The third-order valence-corrected chi connectivity index (χ3v) is 8.83. The SMILES string of the molecule is O=C1c2c(O)ccc(O)c2C(=O)c2c(Cl)c(Sc3ccc(O)cc3)c(Sc3ccc(O)cc3)c(Cl)c21. The van der Waals surface area contributed by atoms with Crippen LogP contribution in [0.15, 0.2) is 80.2 Å². The first-order valence-corrected chi connectivity index (χ1v) is 12.7. The Balaban J connectivity index is 1.77. The van der Waals surface area contributed by atoms with E-state index in [4.69, 9.17) is 23.2 Å². The van der Waals surface area contributed by atoms with Crippen LogP contribution >= 0.6 is 46.7 Å². The van der Waals surface area contributed by atoms with Gasteiger partial charge in [0.2, 0.25) is 0 Å². The van der Waals surface area contributed by atoms with Gasteiger partial charge < -0.3 is 20.4 Å². The Labute approximate surface area is 223 Å². The van der Waals surface area contributed by atoms with Gasteiger partial charge in [-0.05, 0) is 60.7 Å². The number of carbonyl (C=O) groups excluding carboxylic acids is 2. The third kappa shape index (κ3) is 4.06. The van der Waals surface area contributed by atoms with Gasteiger partial charge in [-0.3, -0.25) is 9.59 Å². The van der Waals surface area contributed by atoms with Crippen LogP contribution in [0, 0.1) is 0 Å². The Morgan fingerprint density at radius 3 is 1.17 bits per heavy atom. The fraction of sp³-hybridized carbons (Fsp3) is 0. The van der Waals surface area contributed by atoms with Gasteiger partial charge in [-0.2, -0.15) is 0 Å². The second-order valence-electron chi connectivity index (χ2n) is 7.74. The summed E-state index contributed by atoms with van der Waals surface area (Å²) in [5.41, 5.74) is -1.03. The van der Waals surface area contributed by atoms with Gasteiger partial charge in [-0.25, -0.2) is 0 Å². The summed E-state index contributed by atoms with van der Waals surface area (Å²) >= 11 is 15.9. The number of halogens is 2. The summed E-state index contributed by atoms with van der Waals surface area (Å²) in [4.78, 5) is 29.1. The number of ketones is 2. The minimum Gasteiger partial charge on any atom is -0.508 e. The molecule has 1 aliphatic rings. The van der Waals surface area contributed by atoms with Crippen LogP contribution in [-0.2, 0) is 0 Å². The van der Waals surface area contributed by atoms with Gasteiger partial charge in [0, 0.05) is 19.6 Å². The number of phenols is 4. The van der Waals surface area contributed by atoms with Gasteiger partial charge in [0.05, 0.1) is 32.3 Å². The monoisotopic (exact) mass is 556 g/mol. The van der Waals surface area contributed by atoms with Crippen molar-refractivity contribution in [2.75, 3.05) is 0 Å². The number of aromatic hydroxyl groups is 4. The maximum absolute atomic E-state index is 13.5. The van der Waals surface area contributed by atoms with E-state index in [1.807, 2.05) is 0 Å². The van der Waals surface area contributed by atoms with E-state index in [2.05, 4.69) is 0 Å². The van der Waals surface area contributed by atoms with E-state index in [0.717, 1.165) is 12.1 Å². The second-order valence-corrected chi connectivity index (χ2v) is 10.7. The predicted octanol–water partition coefficient (Wildman–Crippen LogP) is 6.89. The average Bonchev–Trinajstić information content (AvgIpc) is 2.85. The molecule has 10 heteroatoms. The maximum Gasteiger partial charge on any atom is 0.199 e. The van der Waals surface area contributed by atoms with E-state index in [1.54, 1.807) is 24.3 Å². The van der Waals surface area contributed by atoms with Crippen molar-refractivity contribution in [3.63, 3.8) is 0 Å². The normalized spacial score (nSPS) is 12.4. The molecule has 0 fully saturated rings. The van der Waals surface area contributed by atoms with Crippen molar-refractivity contribution in [2.45, 2.75) is 19.6 Å². The summed E-state index contributed by atoms with van der Waals surface area (Å²) in [6.07, 6.45) is 0. The molecule has 5 rings (SSSR count). The molecule has 0 atom stereocenters. The molecular formula is C26H14Cl2O6S2. The Kier molecular flexibility index (Phi) is 6.30. The highest BCUT2D eigenvalue weighted by atomic mass is 35.5. The molecule has 4 N–H and O–H groups in total. The zero-order valence-electron chi connectivity index (χ0n) is 18.0. The molecule has 36 heavy (non-hydrogen) atoms. The first-order chi connectivity index (χ1) is 17.2. The summed E-state index contributed by atoms with van der Waals surface area (Å²) in [5.74, 6) is -2.27. The Bertz CT molecular complexity index is 1450. The van der Waals surface area contributed by atoms with Gasteiger partial charge in [0.1, 0.15) is 23.0 Å². The summed E-state index contributed by atoms with van der Waals surface area (Å²) in [7, 11) is 0. The molecule has 0 amide bonds. The van der Waals surface area contributed by atoms with Crippen LogP contribution in [0.25, 0.3) is 0 Å². The van der Waals surface area contributed by atoms with E-state index in [1.165, 1.54) is 47.8 Å². The maximum atomic E-state index is 13.5. The smallest absolute Gasteiger partial charge is 0.199 e. The topological polar surface area (TPSA) is 115 Å². The van der Waals surface area contributed by atoms with Crippen molar-refractivity contribution in [3.05, 3.63) is 93.0 Å². The molecule has 0 unspecified atom stereocenters. The fourth-order valence-electron chi connectivity index (χ4n) is 3.81. The first-order valence-electron chi connectivity index (χ1n) is 10.3. The fourth-order valence-corrected chi connectivity index (χ4v) is 6.74. The second kappa shape index (κ2) is 9.29. The van der Waals surface area contributed by atoms with Crippen molar-refractivity contribution in [1.29, 1.82) is 0 Å². The zero-order valence-corrected chi connectivity index (χ0v) is 21.1. The summed E-state index contributed by atoms with van der Waals surface area (Å²) < 4.78 is 0. The highest BCUT2D eigenvalue weighted by molar-refractivity contribution is 8.02. The molecule has 0 heterocycles. The highest BCUT2D eigenvalue weighted by Gasteiger charge is 2.40. The Morgan fingerprint density at radius 1 is 0.500 bits per heavy atom. The molecule has 4 aromatic carbocycles. The lowest BCUT2D eigenvalue weighted by Gasteiger charge is -2.24. The predicted molar refractivity (Wildman–Crippen MR) is 138 cm³/mol. The largest absolute Gasteiger partial charge is 0.508 e. The van der Waals surface area contributed by atoms with E-state index in [0.29, 0.717) is 19.6 Å².